The summed E-state index contributed by atoms with van der Waals surface area (Å²) in [4.78, 5) is 7.05. The number of benzene rings is 1. The summed E-state index contributed by atoms with van der Waals surface area (Å²) in [6.45, 7) is 1.55. The lowest BCUT2D eigenvalue weighted by molar-refractivity contribution is 0.687. The molecule has 1 aromatic carbocycles. The third-order valence-electron chi connectivity index (χ3n) is 2.90. The van der Waals surface area contributed by atoms with Gasteiger partial charge in [-0.05, 0) is 23.8 Å². The van der Waals surface area contributed by atoms with Gasteiger partial charge in [-0.25, -0.2) is 4.98 Å². The third-order valence-corrected chi connectivity index (χ3v) is 2.90. The van der Waals surface area contributed by atoms with Crippen LogP contribution in [-0.4, -0.2) is 19.7 Å². The lowest BCUT2D eigenvalue weighted by atomic mass is 10.2. The molecule has 3 aromatic rings. The second-order valence-electron chi connectivity index (χ2n) is 4.33. The summed E-state index contributed by atoms with van der Waals surface area (Å²) in [7, 11) is 0. The van der Waals surface area contributed by atoms with Crippen molar-refractivity contribution in [2.24, 2.45) is 0 Å². The van der Waals surface area contributed by atoms with Crippen molar-refractivity contribution in [1.29, 1.82) is 0 Å². The van der Waals surface area contributed by atoms with Gasteiger partial charge in [-0.15, -0.1) is 0 Å². The highest BCUT2D eigenvalue weighted by molar-refractivity contribution is 5.44. The molecule has 19 heavy (non-hydrogen) atoms. The quantitative estimate of drug-likeness (QED) is 0.733. The van der Waals surface area contributed by atoms with Gasteiger partial charge >= 0.3 is 0 Å². The molecule has 0 atom stereocenters. The number of rotatable bonds is 5. The molecule has 0 aliphatic heterocycles. The van der Waals surface area contributed by atoms with Gasteiger partial charge in [0, 0.05) is 24.3 Å². The number of hydrogen-bond donors (Lipinski definition) is 2. The SMILES string of the molecule is c1cnn(Cc2ccc(NCc3cnc[nH]3)cc2)c1. The van der Waals surface area contributed by atoms with E-state index in [1.807, 2.05) is 23.1 Å². The standard InChI is InChI=1S/C14H15N5/c1-6-18-19(7-1)10-12-2-4-13(5-3-12)16-9-14-8-15-11-17-14/h1-8,11,16H,9-10H2,(H,15,17). The largest absolute Gasteiger partial charge is 0.379 e. The van der Waals surface area contributed by atoms with Crippen LogP contribution in [0, 0.1) is 0 Å². The highest BCUT2D eigenvalue weighted by Gasteiger charge is 1.97. The number of nitrogens with zero attached hydrogens (tertiary/aromatic N) is 3. The summed E-state index contributed by atoms with van der Waals surface area (Å²) in [5, 5.41) is 7.53. The van der Waals surface area contributed by atoms with E-state index in [9.17, 15) is 0 Å². The van der Waals surface area contributed by atoms with E-state index >= 15 is 0 Å². The van der Waals surface area contributed by atoms with Gasteiger partial charge in [-0.1, -0.05) is 12.1 Å². The first-order valence-corrected chi connectivity index (χ1v) is 6.18. The van der Waals surface area contributed by atoms with Crippen LogP contribution in [0.3, 0.4) is 0 Å². The molecule has 0 amide bonds. The molecule has 0 aliphatic rings. The Morgan fingerprint density at radius 3 is 2.79 bits per heavy atom. The van der Waals surface area contributed by atoms with Crippen LogP contribution in [0.2, 0.25) is 0 Å². The average molecular weight is 253 g/mol. The van der Waals surface area contributed by atoms with Crippen LogP contribution in [0.15, 0.2) is 55.2 Å². The predicted octanol–water partition coefficient (Wildman–Crippen LogP) is 2.27. The van der Waals surface area contributed by atoms with Crippen molar-refractivity contribution >= 4 is 5.69 Å². The van der Waals surface area contributed by atoms with Crippen molar-refractivity contribution < 1.29 is 0 Å². The molecule has 0 saturated heterocycles. The topological polar surface area (TPSA) is 58.5 Å². The van der Waals surface area contributed by atoms with Crippen molar-refractivity contribution in [3.63, 3.8) is 0 Å². The summed E-state index contributed by atoms with van der Waals surface area (Å²) in [6.07, 6.45) is 7.26. The molecule has 0 spiro atoms. The number of anilines is 1. The molecule has 5 heteroatoms. The van der Waals surface area contributed by atoms with Crippen molar-refractivity contribution in [3.8, 4) is 0 Å². The number of nitrogens with one attached hydrogen (secondary N) is 2. The molecule has 5 nitrogen and oxygen atoms in total. The lowest BCUT2D eigenvalue weighted by Gasteiger charge is -2.06. The summed E-state index contributed by atoms with van der Waals surface area (Å²) < 4.78 is 1.91. The van der Waals surface area contributed by atoms with Crippen LogP contribution in [0.25, 0.3) is 0 Å². The van der Waals surface area contributed by atoms with Gasteiger partial charge in [0.15, 0.2) is 0 Å². The van der Waals surface area contributed by atoms with E-state index in [4.69, 9.17) is 0 Å². The number of imidazole rings is 1. The zero-order valence-corrected chi connectivity index (χ0v) is 10.5. The van der Waals surface area contributed by atoms with E-state index in [0.717, 1.165) is 24.5 Å². The molecule has 2 aromatic heterocycles. The summed E-state index contributed by atoms with van der Waals surface area (Å²) in [5.74, 6) is 0. The van der Waals surface area contributed by atoms with Gasteiger partial charge < -0.3 is 10.3 Å². The van der Waals surface area contributed by atoms with Crippen LogP contribution < -0.4 is 5.32 Å². The Hall–Kier alpha value is -2.56. The first-order chi connectivity index (χ1) is 9.40. The second kappa shape index (κ2) is 5.39. The number of hydrogen-bond acceptors (Lipinski definition) is 3. The zero-order valence-electron chi connectivity index (χ0n) is 10.5. The predicted molar refractivity (Wildman–Crippen MR) is 73.7 cm³/mol. The Bertz CT molecular complexity index is 596. The van der Waals surface area contributed by atoms with Crippen LogP contribution in [0.4, 0.5) is 5.69 Å². The number of aromatic amines is 1. The fourth-order valence-electron chi connectivity index (χ4n) is 1.89. The van der Waals surface area contributed by atoms with E-state index < -0.39 is 0 Å². The fraction of sp³-hybridized carbons (Fsp3) is 0.143. The highest BCUT2D eigenvalue weighted by atomic mass is 15.3. The number of aromatic nitrogens is 4. The number of H-pyrrole nitrogens is 1. The van der Waals surface area contributed by atoms with E-state index in [2.05, 4.69) is 44.6 Å². The Balaban J connectivity index is 1.59. The normalized spacial score (nSPS) is 10.5. The Labute approximate surface area is 111 Å². The molecule has 0 saturated carbocycles. The smallest absolute Gasteiger partial charge is 0.0922 e. The molecular weight excluding hydrogens is 238 g/mol. The molecule has 2 N–H and O–H groups in total. The van der Waals surface area contributed by atoms with E-state index in [1.54, 1.807) is 12.5 Å². The zero-order chi connectivity index (χ0) is 12.9. The fourth-order valence-corrected chi connectivity index (χ4v) is 1.89. The third kappa shape index (κ3) is 3.01. The minimum atomic E-state index is 0.749. The van der Waals surface area contributed by atoms with Gasteiger partial charge in [0.05, 0.1) is 25.1 Å². The van der Waals surface area contributed by atoms with Gasteiger partial charge in [0.2, 0.25) is 0 Å². The second-order valence-corrected chi connectivity index (χ2v) is 4.33. The Kier molecular flexibility index (Phi) is 3.27. The maximum atomic E-state index is 4.19. The van der Waals surface area contributed by atoms with Crippen LogP contribution in [0.5, 0.6) is 0 Å². The molecule has 0 bridgehead atoms. The molecule has 3 rings (SSSR count). The average Bonchev–Trinajstić information content (AvgIpc) is 3.11. The molecule has 96 valence electrons. The van der Waals surface area contributed by atoms with Crippen molar-refractivity contribution in [2.75, 3.05) is 5.32 Å². The van der Waals surface area contributed by atoms with Crippen molar-refractivity contribution in [1.82, 2.24) is 19.7 Å². The van der Waals surface area contributed by atoms with Gasteiger partial charge in [-0.2, -0.15) is 5.10 Å². The summed E-state index contributed by atoms with van der Waals surface area (Å²) in [6, 6.07) is 10.3. The molecule has 0 unspecified atom stereocenters. The van der Waals surface area contributed by atoms with Crippen molar-refractivity contribution in [3.05, 3.63) is 66.5 Å². The molecule has 0 fully saturated rings. The van der Waals surface area contributed by atoms with Crippen LogP contribution in [-0.2, 0) is 13.1 Å². The molecule has 0 radical (unpaired) electrons. The van der Waals surface area contributed by atoms with Gasteiger partial charge in [-0.3, -0.25) is 4.68 Å². The minimum Gasteiger partial charge on any atom is -0.379 e. The maximum Gasteiger partial charge on any atom is 0.0922 e. The van der Waals surface area contributed by atoms with E-state index in [1.165, 1.54) is 5.56 Å². The van der Waals surface area contributed by atoms with Gasteiger partial charge in [0.1, 0.15) is 0 Å². The summed E-state index contributed by atoms with van der Waals surface area (Å²) >= 11 is 0. The van der Waals surface area contributed by atoms with E-state index in [0.29, 0.717) is 0 Å². The van der Waals surface area contributed by atoms with Crippen LogP contribution in [0.1, 0.15) is 11.3 Å². The molecule has 2 heterocycles. The Morgan fingerprint density at radius 2 is 2.11 bits per heavy atom. The van der Waals surface area contributed by atoms with Crippen LogP contribution >= 0.6 is 0 Å². The maximum absolute atomic E-state index is 4.19. The lowest BCUT2D eigenvalue weighted by Crippen LogP contribution is -2.01. The molecule has 0 aliphatic carbocycles. The first kappa shape index (κ1) is 11.5. The minimum absolute atomic E-state index is 0.749. The van der Waals surface area contributed by atoms with E-state index in [-0.39, 0.29) is 0 Å². The summed E-state index contributed by atoms with van der Waals surface area (Å²) in [5.41, 5.74) is 3.40. The Morgan fingerprint density at radius 1 is 1.21 bits per heavy atom. The first-order valence-electron chi connectivity index (χ1n) is 6.18. The van der Waals surface area contributed by atoms with Gasteiger partial charge in [0.25, 0.3) is 0 Å². The van der Waals surface area contributed by atoms with Crippen molar-refractivity contribution in [2.45, 2.75) is 13.1 Å². The molecular formula is C14H15N5. The monoisotopic (exact) mass is 253 g/mol. The highest BCUT2D eigenvalue weighted by Crippen LogP contribution is 2.11.